The van der Waals surface area contributed by atoms with Crippen molar-refractivity contribution in [2.24, 2.45) is 0 Å². The van der Waals surface area contributed by atoms with Crippen LogP contribution < -0.4 is 10.1 Å². The number of rotatable bonds is 10. The third-order valence-corrected chi connectivity index (χ3v) is 7.74. The Kier molecular flexibility index (Phi) is 8.55. The van der Waals surface area contributed by atoms with Gasteiger partial charge in [-0.25, -0.2) is 8.42 Å². The number of anilines is 1. The molecule has 0 aliphatic rings. The van der Waals surface area contributed by atoms with Crippen LogP contribution in [0.3, 0.4) is 0 Å². The van der Waals surface area contributed by atoms with Crippen molar-refractivity contribution < 1.29 is 17.9 Å². The summed E-state index contributed by atoms with van der Waals surface area (Å²) in [6.07, 6.45) is 2.44. The third-order valence-electron chi connectivity index (χ3n) is 5.17. The Bertz CT molecular complexity index is 1200. The average molecular weight is 485 g/mol. The topological polar surface area (TPSA) is 75.7 Å². The Hall–Kier alpha value is -2.81. The van der Waals surface area contributed by atoms with Gasteiger partial charge >= 0.3 is 0 Å². The fourth-order valence-electron chi connectivity index (χ4n) is 3.40. The summed E-state index contributed by atoms with van der Waals surface area (Å²) in [5, 5.41) is 2.82. The van der Waals surface area contributed by atoms with Crippen LogP contribution in [0, 0.1) is 6.92 Å². The number of nitrogens with one attached hydrogen (secondary N) is 1. The van der Waals surface area contributed by atoms with E-state index in [0.29, 0.717) is 23.4 Å². The Morgan fingerprint density at radius 2 is 1.79 bits per heavy atom. The highest BCUT2D eigenvalue weighted by Crippen LogP contribution is 2.24. The van der Waals surface area contributed by atoms with Crippen molar-refractivity contribution in [1.82, 2.24) is 4.31 Å². The number of sulfonamides is 1. The van der Waals surface area contributed by atoms with Gasteiger partial charge in [0.25, 0.3) is 0 Å². The SMILES string of the molecule is COc1ccc(S(=O)(=O)N(CCc2ccccc2)CC(=O)Nc2cccc(SC)c2)cc1C. The quantitative estimate of drug-likeness (QED) is 0.426. The maximum Gasteiger partial charge on any atom is 0.243 e. The fraction of sp³-hybridized carbons (Fsp3) is 0.240. The van der Waals surface area contributed by atoms with Gasteiger partial charge in [0.15, 0.2) is 0 Å². The lowest BCUT2D eigenvalue weighted by molar-refractivity contribution is -0.116. The van der Waals surface area contributed by atoms with Crippen molar-refractivity contribution in [3.63, 3.8) is 0 Å². The predicted molar refractivity (Wildman–Crippen MR) is 133 cm³/mol. The van der Waals surface area contributed by atoms with E-state index >= 15 is 0 Å². The van der Waals surface area contributed by atoms with Crippen molar-refractivity contribution in [2.45, 2.75) is 23.1 Å². The molecule has 0 unspecified atom stereocenters. The smallest absolute Gasteiger partial charge is 0.243 e. The molecule has 3 aromatic carbocycles. The number of methoxy groups -OCH3 is 1. The van der Waals surface area contributed by atoms with Gasteiger partial charge in [-0.3, -0.25) is 4.79 Å². The Morgan fingerprint density at radius 1 is 1.03 bits per heavy atom. The van der Waals surface area contributed by atoms with Gasteiger partial charge in [0.05, 0.1) is 18.6 Å². The van der Waals surface area contributed by atoms with Crippen LogP contribution in [0.2, 0.25) is 0 Å². The summed E-state index contributed by atoms with van der Waals surface area (Å²) in [7, 11) is -2.37. The molecule has 0 aliphatic carbocycles. The molecule has 0 spiro atoms. The Labute approximate surface area is 200 Å². The number of carbonyl (C=O) groups is 1. The molecular weight excluding hydrogens is 456 g/mol. The van der Waals surface area contributed by atoms with Crippen LogP contribution in [0.25, 0.3) is 0 Å². The molecule has 0 fully saturated rings. The Morgan fingerprint density at radius 3 is 2.45 bits per heavy atom. The van der Waals surface area contributed by atoms with Crippen LogP contribution in [0.15, 0.2) is 82.6 Å². The maximum absolute atomic E-state index is 13.5. The minimum Gasteiger partial charge on any atom is -0.496 e. The number of hydrogen-bond acceptors (Lipinski definition) is 5. The van der Waals surface area contributed by atoms with Gasteiger partial charge in [0.2, 0.25) is 15.9 Å². The summed E-state index contributed by atoms with van der Waals surface area (Å²) < 4.78 is 33.5. The lowest BCUT2D eigenvalue weighted by atomic mass is 10.1. The van der Waals surface area contributed by atoms with Crippen molar-refractivity contribution >= 4 is 33.4 Å². The first-order valence-corrected chi connectivity index (χ1v) is 13.1. The molecular formula is C25H28N2O4S2. The average Bonchev–Trinajstić information content (AvgIpc) is 2.82. The van der Waals surface area contributed by atoms with E-state index in [4.69, 9.17) is 4.74 Å². The molecule has 0 radical (unpaired) electrons. The first-order valence-electron chi connectivity index (χ1n) is 10.5. The molecule has 0 bridgehead atoms. The zero-order valence-electron chi connectivity index (χ0n) is 18.9. The first kappa shape index (κ1) is 24.8. The number of carbonyl (C=O) groups excluding carboxylic acids is 1. The van der Waals surface area contributed by atoms with E-state index in [2.05, 4.69) is 5.32 Å². The number of amides is 1. The highest BCUT2D eigenvalue weighted by atomic mass is 32.2. The van der Waals surface area contributed by atoms with Crippen LogP contribution in [0.5, 0.6) is 5.75 Å². The van der Waals surface area contributed by atoms with Crippen LogP contribution in [0.4, 0.5) is 5.69 Å². The molecule has 0 aliphatic heterocycles. The number of hydrogen-bond donors (Lipinski definition) is 1. The van der Waals surface area contributed by atoms with Gasteiger partial charge < -0.3 is 10.1 Å². The summed E-state index contributed by atoms with van der Waals surface area (Å²) >= 11 is 1.57. The number of benzene rings is 3. The number of thioether (sulfide) groups is 1. The predicted octanol–water partition coefficient (Wildman–Crippen LogP) is 4.60. The third kappa shape index (κ3) is 6.60. The molecule has 33 heavy (non-hydrogen) atoms. The molecule has 1 N–H and O–H groups in total. The standard InChI is InChI=1S/C25H28N2O4S2/c1-19-16-23(12-13-24(19)31-2)33(29,30)27(15-14-20-8-5-4-6-9-20)18-25(28)26-21-10-7-11-22(17-21)32-3/h4-13,16-17H,14-15,18H2,1-3H3,(H,26,28). The molecule has 6 nitrogen and oxygen atoms in total. The van der Waals surface area contributed by atoms with Crippen molar-refractivity contribution in [2.75, 3.05) is 31.8 Å². The molecule has 8 heteroatoms. The van der Waals surface area contributed by atoms with Gasteiger partial charge in [-0.05, 0) is 67.1 Å². The van der Waals surface area contributed by atoms with E-state index in [0.717, 1.165) is 10.5 Å². The molecule has 3 aromatic rings. The normalized spacial score (nSPS) is 11.4. The minimum atomic E-state index is -3.91. The van der Waals surface area contributed by atoms with E-state index in [9.17, 15) is 13.2 Å². The van der Waals surface area contributed by atoms with Crippen LogP contribution in [0.1, 0.15) is 11.1 Å². The van der Waals surface area contributed by atoms with E-state index in [-0.39, 0.29) is 18.0 Å². The summed E-state index contributed by atoms with van der Waals surface area (Å²) in [4.78, 5) is 14.0. The van der Waals surface area contributed by atoms with E-state index < -0.39 is 15.9 Å². The van der Waals surface area contributed by atoms with E-state index in [1.54, 1.807) is 44.0 Å². The molecule has 0 saturated carbocycles. The molecule has 1 amide bonds. The molecule has 0 atom stereocenters. The highest BCUT2D eigenvalue weighted by Gasteiger charge is 2.27. The fourth-order valence-corrected chi connectivity index (χ4v) is 5.35. The van der Waals surface area contributed by atoms with Crippen molar-refractivity contribution in [1.29, 1.82) is 0 Å². The summed E-state index contributed by atoms with van der Waals surface area (Å²) in [5.41, 5.74) is 2.34. The summed E-state index contributed by atoms with van der Waals surface area (Å²) in [6, 6.07) is 21.8. The highest BCUT2D eigenvalue weighted by molar-refractivity contribution is 7.98. The maximum atomic E-state index is 13.5. The molecule has 0 heterocycles. The Balaban J connectivity index is 1.84. The number of ether oxygens (including phenoxy) is 1. The second-order valence-corrected chi connectivity index (χ2v) is 10.3. The zero-order valence-corrected chi connectivity index (χ0v) is 20.6. The second-order valence-electron chi connectivity index (χ2n) is 7.49. The largest absolute Gasteiger partial charge is 0.496 e. The zero-order chi connectivity index (χ0) is 23.8. The summed E-state index contributed by atoms with van der Waals surface area (Å²) in [5.74, 6) is 0.214. The lowest BCUT2D eigenvalue weighted by Gasteiger charge is -2.22. The van der Waals surface area contributed by atoms with Crippen LogP contribution in [-0.2, 0) is 21.2 Å². The summed E-state index contributed by atoms with van der Waals surface area (Å²) in [6.45, 7) is 1.68. The van der Waals surface area contributed by atoms with E-state index in [1.165, 1.54) is 10.4 Å². The van der Waals surface area contributed by atoms with Gasteiger partial charge in [-0.15, -0.1) is 11.8 Å². The molecule has 0 aromatic heterocycles. The second kappa shape index (κ2) is 11.4. The van der Waals surface area contributed by atoms with Crippen molar-refractivity contribution in [3.8, 4) is 5.75 Å². The molecule has 3 rings (SSSR count). The van der Waals surface area contributed by atoms with Crippen molar-refractivity contribution in [3.05, 3.63) is 83.9 Å². The van der Waals surface area contributed by atoms with Gasteiger partial charge in [0.1, 0.15) is 5.75 Å². The minimum absolute atomic E-state index is 0.131. The van der Waals surface area contributed by atoms with E-state index in [1.807, 2.05) is 54.8 Å². The lowest BCUT2D eigenvalue weighted by Crippen LogP contribution is -2.39. The number of nitrogens with zero attached hydrogens (tertiary/aromatic N) is 1. The molecule has 0 saturated heterocycles. The number of aryl methyl sites for hydroxylation is 1. The van der Waals surface area contributed by atoms with Gasteiger partial charge in [-0.1, -0.05) is 36.4 Å². The first-order chi connectivity index (χ1) is 15.8. The monoisotopic (exact) mass is 484 g/mol. The van der Waals surface area contributed by atoms with Gasteiger partial charge in [0, 0.05) is 17.1 Å². The van der Waals surface area contributed by atoms with Gasteiger partial charge in [-0.2, -0.15) is 4.31 Å². The van der Waals surface area contributed by atoms with Crippen LogP contribution >= 0.6 is 11.8 Å². The van der Waals surface area contributed by atoms with Crippen LogP contribution in [-0.4, -0.2) is 45.1 Å². The molecule has 174 valence electrons.